The van der Waals surface area contributed by atoms with Crippen molar-refractivity contribution in [1.82, 2.24) is 14.5 Å². The van der Waals surface area contributed by atoms with E-state index in [-0.39, 0.29) is 12.3 Å². The molecule has 3 heterocycles. The Morgan fingerprint density at radius 2 is 2.43 bits per heavy atom. The van der Waals surface area contributed by atoms with E-state index in [1.165, 1.54) is 0 Å². The molecule has 1 aliphatic heterocycles. The van der Waals surface area contributed by atoms with E-state index in [2.05, 4.69) is 16.9 Å². The maximum Gasteiger partial charge on any atom is 0.356 e. The number of imidazole rings is 1. The highest BCUT2D eigenvalue weighted by Crippen LogP contribution is 2.25. The van der Waals surface area contributed by atoms with Crippen LogP contribution in [0, 0.1) is 5.92 Å². The monoisotopic (exact) mass is 287 g/mol. The Hall–Kier alpha value is -2.37. The Morgan fingerprint density at radius 1 is 1.57 bits per heavy atom. The number of aromatic carboxylic acids is 1. The normalized spacial score (nSPS) is 17.3. The molecule has 0 fully saturated rings. The molecule has 6 heteroatoms. The van der Waals surface area contributed by atoms with Gasteiger partial charge in [-0.2, -0.15) is 0 Å². The average Bonchev–Trinajstić information content (AvgIpc) is 2.84. The first kappa shape index (κ1) is 13.6. The maximum atomic E-state index is 11.3. The molecule has 0 bridgehead atoms. The zero-order chi connectivity index (χ0) is 14.8. The lowest BCUT2D eigenvalue weighted by Gasteiger charge is -2.22. The quantitative estimate of drug-likeness (QED) is 0.932. The van der Waals surface area contributed by atoms with E-state index in [1.54, 1.807) is 18.5 Å². The van der Waals surface area contributed by atoms with Gasteiger partial charge in [0.25, 0.3) is 0 Å². The number of pyridine rings is 1. The zero-order valence-electron chi connectivity index (χ0n) is 11.8. The van der Waals surface area contributed by atoms with Crippen molar-refractivity contribution in [2.75, 3.05) is 0 Å². The second-order valence-corrected chi connectivity index (χ2v) is 5.36. The molecule has 0 radical (unpaired) electrons. The van der Waals surface area contributed by atoms with E-state index in [4.69, 9.17) is 4.74 Å². The van der Waals surface area contributed by atoms with Crippen LogP contribution in [0.4, 0.5) is 0 Å². The van der Waals surface area contributed by atoms with Crippen molar-refractivity contribution in [3.63, 3.8) is 0 Å². The molecule has 0 saturated carbocycles. The Kier molecular flexibility index (Phi) is 3.60. The van der Waals surface area contributed by atoms with Gasteiger partial charge in [-0.1, -0.05) is 6.92 Å². The van der Waals surface area contributed by atoms with Crippen molar-refractivity contribution in [3.05, 3.63) is 41.7 Å². The number of rotatable bonds is 4. The molecule has 1 atom stereocenters. The van der Waals surface area contributed by atoms with Crippen molar-refractivity contribution in [1.29, 1.82) is 0 Å². The van der Waals surface area contributed by atoms with E-state index in [0.717, 1.165) is 25.1 Å². The fourth-order valence-corrected chi connectivity index (χ4v) is 2.65. The number of ether oxygens (including phenoxy) is 1. The van der Waals surface area contributed by atoms with Gasteiger partial charge in [0.1, 0.15) is 18.2 Å². The number of carboxylic acid groups (broad SMARTS) is 1. The molecule has 0 amide bonds. The summed E-state index contributed by atoms with van der Waals surface area (Å²) < 4.78 is 7.63. The molecule has 1 N–H and O–H groups in total. The topological polar surface area (TPSA) is 77.2 Å². The van der Waals surface area contributed by atoms with Crippen LogP contribution in [0.1, 0.15) is 35.4 Å². The standard InChI is InChI=1S/C15H17N3O3/c1-10-4-6-18-12(7-10)14(15(19)20)17-13(18)9-21-11-3-2-5-16-8-11/h2-3,5,8,10H,4,6-7,9H2,1H3,(H,19,20). The van der Waals surface area contributed by atoms with E-state index >= 15 is 0 Å². The number of hydrogen-bond donors (Lipinski definition) is 1. The average molecular weight is 287 g/mol. The Balaban J connectivity index is 1.85. The van der Waals surface area contributed by atoms with Crippen LogP contribution in [0.25, 0.3) is 0 Å². The van der Waals surface area contributed by atoms with Crippen LogP contribution in [0.15, 0.2) is 24.5 Å². The highest BCUT2D eigenvalue weighted by molar-refractivity contribution is 5.87. The smallest absolute Gasteiger partial charge is 0.356 e. The van der Waals surface area contributed by atoms with Gasteiger partial charge in [0.2, 0.25) is 0 Å². The summed E-state index contributed by atoms with van der Waals surface area (Å²) in [5.41, 5.74) is 0.970. The maximum absolute atomic E-state index is 11.3. The third-order valence-corrected chi connectivity index (χ3v) is 3.74. The van der Waals surface area contributed by atoms with Gasteiger partial charge >= 0.3 is 5.97 Å². The van der Waals surface area contributed by atoms with Crippen molar-refractivity contribution in [2.24, 2.45) is 5.92 Å². The number of fused-ring (bicyclic) bond motifs is 1. The molecule has 2 aromatic rings. The molecule has 0 saturated heterocycles. The third-order valence-electron chi connectivity index (χ3n) is 3.74. The molecule has 3 rings (SSSR count). The lowest BCUT2D eigenvalue weighted by Crippen LogP contribution is -2.20. The van der Waals surface area contributed by atoms with Crippen molar-refractivity contribution < 1.29 is 14.6 Å². The summed E-state index contributed by atoms with van der Waals surface area (Å²) in [6, 6.07) is 3.61. The van der Waals surface area contributed by atoms with Gasteiger partial charge < -0.3 is 14.4 Å². The number of carbonyl (C=O) groups is 1. The van der Waals surface area contributed by atoms with E-state index in [0.29, 0.717) is 17.5 Å². The van der Waals surface area contributed by atoms with Crippen LogP contribution < -0.4 is 4.74 Å². The van der Waals surface area contributed by atoms with Crippen LogP contribution in [-0.2, 0) is 19.6 Å². The van der Waals surface area contributed by atoms with Crippen LogP contribution in [-0.4, -0.2) is 25.6 Å². The number of hydrogen-bond acceptors (Lipinski definition) is 4. The summed E-state index contributed by atoms with van der Waals surface area (Å²) in [4.78, 5) is 19.6. The highest BCUT2D eigenvalue weighted by atomic mass is 16.5. The molecule has 0 aromatic carbocycles. The number of carboxylic acids is 1. The van der Waals surface area contributed by atoms with Gasteiger partial charge in [0.05, 0.1) is 11.9 Å². The summed E-state index contributed by atoms with van der Waals surface area (Å²) in [7, 11) is 0. The van der Waals surface area contributed by atoms with Crippen molar-refractivity contribution >= 4 is 5.97 Å². The first-order chi connectivity index (χ1) is 10.1. The van der Waals surface area contributed by atoms with Gasteiger partial charge in [-0.3, -0.25) is 4.98 Å². The molecule has 1 unspecified atom stereocenters. The van der Waals surface area contributed by atoms with Gasteiger partial charge in [-0.05, 0) is 30.9 Å². The Bertz CT molecular complexity index is 652. The minimum absolute atomic E-state index is 0.159. The lowest BCUT2D eigenvalue weighted by molar-refractivity contribution is 0.0688. The summed E-state index contributed by atoms with van der Waals surface area (Å²) >= 11 is 0. The molecule has 0 spiro atoms. The largest absolute Gasteiger partial charge is 0.484 e. The number of aromatic nitrogens is 3. The zero-order valence-corrected chi connectivity index (χ0v) is 11.8. The Labute approximate surface area is 122 Å². The highest BCUT2D eigenvalue weighted by Gasteiger charge is 2.26. The van der Waals surface area contributed by atoms with Gasteiger partial charge in [0.15, 0.2) is 5.69 Å². The number of nitrogens with zero attached hydrogens (tertiary/aromatic N) is 3. The molecule has 1 aliphatic rings. The minimum atomic E-state index is -0.972. The predicted molar refractivity (Wildman–Crippen MR) is 75.2 cm³/mol. The van der Waals surface area contributed by atoms with Gasteiger partial charge in [-0.15, -0.1) is 0 Å². The van der Waals surface area contributed by atoms with E-state index in [9.17, 15) is 9.90 Å². The van der Waals surface area contributed by atoms with Gasteiger partial charge in [0, 0.05) is 12.7 Å². The SMILES string of the molecule is CC1CCn2c(COc3cccnc3)nc(C(=O)O)c2C1. The summed E-state index contributed by atoms with van der Waals surface area (Å²) in [6.07, 6.45) is 5.08. The molecular formula is C15H17N3O3. The summed E-state index contributed by atoms with van der Waals surface area (Å²) in [6.45, 7) is 3.18. The van der Waals surface area contributed by atoms with Crippen LogP contribution >= 0.6 is 0 Å². The summed E-state index contributed by atoms with van der Waals surface area (Å²) in [5.74, 6) is 0.828. The molecule has 21 heavy (non-hydrogen) atoms. The second kappa shape index (κ2) is 5.55. The summed E-state index contributed by atoms with van der Waals surface area (Å²) in [5, 5.41) is 9.30. The Morgan fingerprint density at radius 3 is 3.14 bits per heavy atom. The van der Waals surface area contributed by atoms with Crippen LogP contribution in [0.5, 0.6) is 5.75 Å². The first-order valence-corrected chi connectivity index (χ1v) is 6.99. The minimum Gasteiger partial charge on any atom is -0.484 e. The van der Waals surface area contributed by atoms with Crippen molar-refractivity contribution in [3.8, 4) is 5.75 Å². The fourth-order valence-electron chi connectivity index (χ4n) is 2.65. The molecule has 2 aromatic heterocycles. The van der Waals surface area contributed by atoms with Crippen LogP contribution in [0.3, 0.4) is 0 Å². The fraction of sp³-hybridized carbons (Fsp3) is 0.400. The lowest BCUT2D eigenvalue weighted by atomic mass is 9.97. The molecular weight excluding hydrogens is 270 g/mol. The van der Waals surface area contributed by atoms with Crippen LogP contribution in [0.2, 0.25) is 0 Å². The molecule has 110 valence electrons. The third kappa shape index (κ3) is 2.74. The first-order valence-electron chi connectivity index (χ1n) is 6.99. The molecule has 6 nitrogen and oxygen atoms in total. The van der Waals surface area contributed by atoms with E-state index < -0.39 is 5.97 Å². The predicted octanol–water partition coefficient (Wildman–Crippen LogP) is 2.14. The van der Waals surface area contributed by atoms with Gasteiger partial charge in [-0.25, -0.2) is 9.78 Å². The van der Waals surface area contributed by atoms with Crippen molar-refractivity contribution in [2.45, 2.75) is 32.9 Å². The second-order valence-electron chi connectivity index (χ2n) is 5.36. The van der Waals surface area contributed by atoms with E-state index in [1.807, 2.05) is 10.6 Å². The molecule has 0 aliphatic carbocycles.